The SMILES string of the molecule is COc1cc(OC)cc(-c2nc(S/C(=C\c3c(OCc4ccc(Br)cc4)ccc4ccccc34)C(=O)O)n[nH]2)c1. The van der Waals surface area contributed by atoms with Crippen molar-refractivity contribution in [2.45, 2.75) is 11.8 Å². The first-order valence-corrected chi connectivity index (χ1v) is 13.7. The maximum absolute atomic E-state index is 12.4. The molecule has 0 bridgehead atoms. The van der Waals surface area contributed by atoms with Crippen molar-refractivity contribution in [2.75, 3.05) is 14.2 Å². The van der Waals surface area contributed by atoms with Gasteiger partial charge in [0.2, 0.25) is 5.16 Å². The summed E-state index contributed by atoms with van der Waals surface area (Å²) in [6.07, 6.45) is 1.61. The first-order valence-electron chi connectivity index (χ1n) is 12.1. The lowest BCUT2D eigenvalue weighted by Crippen LogP contribution is -2.00. The second-order valence-corrected chi connectivity index (χ2v) is 10.5. The van der Waals surface area contributed by atoms with Crippen LogP contribution in [0.4, 0.5) is 0 Å². The summed E-state index contributed by atoms with van der Waals surface area (Å²) < 4.78 is 17.8. The lowest BCUT2D eigenvalue weighted by atomic mass is 10.0. The van der Waals surface area contributed by atoms with Gasteiger partial charge in [0.1, 0.15) is 28.8 Å². The number of methoxy groups -OCH3 is 2. The normalized spacial score (nSPS) is 11.4. The molecular weight excluding hydrogens is 594 g/mol. The van der Waals surface area contributed by atoms with Crippen molar-refractivity contribution in [1.29, 1.82) is 0 Å². The number of aromatic nitrogens is 3. The third kappa shape index (κ3) is 6.30. The number of halogens is 1. The van der Waals surface area contributed by atoms with Gasteiger partial charge in [0.05, 0.1) is 14.2 Å². The van der Waals surface area contributed by atoms with Crippen molar-refractivity contribution < 1.29 is 24.1 Å². The molecule has 1 heterocycles. The predicted octanol–water partition coefficient (Wildman–Crippen LogP) is 7.20. The smallest absolute Gasteiger partial charge is 0.342 e. The number of aromatic amines is 1. The molecule has 0 saturated carbocycles. The highest BCUT2D eigenvalue weighted by Gasteiger charge is 2.18. The van der Waals surface area contributed by atoms with Crippen molar-refractivity contribution in [2.24, 2.45) is 0 Å². The number of carboxylic acid groups (broad SMARTS) is 1. The van der Waals surface area contributed by atoms with Crippen molar-refractivity contribution in [3.63, 3.8) is 0 Å². The Labute approximate surface area is 243 Å². The van der Waals surface area contributed by atoms with E-state index >= 15 is 0 Å². The molecule has 5 rings (SSSR count). The van der Waals surface area contributed by atoms with E-state index in [0.29, 0.717) is 40.8 Å². The summed E-state index contributed by atoms with van der Waals surface area (Å²) in [6.45, 7) is 0.330. The summed E-state index contributed by atoms with van der Waals surface area (Å²) in [4.78, 5) is 16.9. The van der Waals surface area contributed by atoms with Crippen LogP contribution in [0.25, 0.3) is 28.2 Å². The molecule has 1 aromatic heterocycles. The van der Waals surface area contributed by atoms with Gasteiger partial charge in [-0.2, -0.15) is 0 Å². The van der Waals surface area contributed by atoms with Gasteiger partial charge in [-0.25, -0.2) is 9.78 Å². The molecule has 0 aliphatic heterocycles. The van der Waals surface area contributed by atoms with Gasteiger partial charge < -0.3 is 19.3 Å². The van der Waals surface area contributed by atoms with E-state index in [4.69, 9.17) is 14.2 Å². The molecule has 0 spiro atoms. The third-order valence-corrected chi connectivity index (χ3v) is 7.42. The molecule has 2 N–H and O–H groups in total. The van der Waals surface area contributed by atoms with Crippen molar-refractivity contribution in [1.82, 2.24) is 15.2 Å². The molecule has 0 fully saturated rings. The Morgan fingerprint density at radius 3 is 2.42 bits per heavy atom. The van der Waals surface area contributed by atoms with Crippen LogP contribution < -0.4 is 14.2 Å². The van der Waals surface area contributed by atoms with Gasteiger partial charge in [-0.15, -0.1) is 5.10 Å². The Morgan fingerprint density at radius 2 is 1.73 bits per heavy atom. The van der Waals surface area contributed by atoms with Crippen LogP contribution in [-0.4, -0.2) is 40.5 Å². The Morgan fingerprint density at radius 1 is 1.00 bits per heavy atom. The zero-order valence-electron chi connectivity index (χ0n) is 21.6. The summed E-state index contributed by atoms with van der Waals surface area (Å²) in [5, 5.41) is 19.3. The molecule has 0 unspecified atom stereocenters. The third-order valence-electron chi connectivity index (χ3n) is 6.02. The molecule has 0 aliphatic carbocycles. The Hall–Kier alpha value is -4.28. The number of hydrogen-bond donors (Lipinski definition) is 2. The number of aliphatic carboxylic acids is 1. The number of rotatable bonds is 10. The summed E-state index contributed by atoms with van der Waals surface area (Å²) in [6, 6.07) is 24.8. The first-order chi connectivity index (χ1) is 19.4. The lowest BCUT2D eigenvalue weighted by Gasteiger charge is -2.13. The van der Waals surface area contributed by atoms with Gasteiger partial charge in [0.15, 0.2) is 5.82 Å². The number of nitrogens with one attached hydrogen (secondary N) is 1. The predicted molar refractivity (Wildman–Crippen MR) is 159 cm³/mol. The first kappa shape index (κ1) is 27.3. The minimum absolute atomic E-state index is 0.0404. The van der Waals surface area contributed by atoms with Crippen LogP contribution in [0.3, 0.4) is 0 Å². The second-order valence-electron chi connectivity index (χ2n) is 8.60. The zero-order valence-corrected chi connectivity index (χ0v) is 24.0. The highest BCUT2D eigenvalue weighted by molar-refractivity contribution is 9.10. The fourth-order valence-corrected chi connectivity index (χ4v) is 4.98. The molecule has 0 radical (unpaired) electrons. The van der Waals surface area contributed by atoms with Gasteiger partial charge >= 0.3 is 5.97 Å². The van der Waals surface area contributed by atoms with Gasteiger partial charge in [-0.1, -0.05) is 58.4 Å². The number of benzene rings is 4. The fourth-order valence-electron chi connectivity index (χ4n) is 4.02. The lowest BCUT2D eigenvalue weighted by molar-refractivity contribution is -0.131. The van der Waals surface area contributed by atoms with Gasteiger partial charge in [-0.3, -0.25) is 5.10 Å². The number of fused-ring (bicyclic) bond motifs is 1. The van der Waals surface area contributed by atoms with E-state index in [0.717, 1.165) is 32.6 Å². The number of ether oxygens (including phenoxy) is 3. The average Bonchev–Trinajstić information content (AvgIpc) is 3.45. The van der Waals surface area contributed by atoms with Crippen molar-refractivity contribution in [3.05, 3.63) is 99.4 Å². The van der Waals surface area contributed by atoms with Gasteiger partial charge in [-0.05, 0) is 64.5 Å². The fraction of sp³-hybridized carbons (Fsp3) is 0.100. The molecule has 40 heavy (non-hydrogen) atoms. The Bertz CT molecular complexity index is 1680. The molecule has 0 atom stereocenters. The molecule has 8 nitrogen and oxygen atoms in total. The maximum Gasteiger partial charge on any atom is 0.342 e. The van der Waals surface area contributed by atoms with Crippen LogP contribution >= 0.6 is 27.7 Å². The topological polar surface area (TPSA) is 107 Å². The molecule has 0 saturated heterocycles. The molecule has 202 valence electrons. The Balaban J connectivity index is 1.48. The van der Waals surface area contributed by atoms with Crippen LogP contribution in [-0.2, 0) is 11.4 Å². The number of hydrogen-bond acceptors (Lipinski definition) is 7. The summed E-state index contributed by atoms with van der Waals surface area (Å²) >= 11 is 4.39. The number of nitrogens with zero attached hydrogens (tertiary/aromatic N) is 2. The monoisotopic (exact) mass is 617 g/mol. The van der Waals surface area contributed by atoms with Crippen LogP contribution in [0, 0.1) is 0 Å². The van der Waals surface area contributed by atoms with E-state index in [9.17, 15) is 9.90 Å². The minimum Gasteiger partial charge on any atom is -0.497 e. The number of H-pyrrole nitrogens is 1. The molecule has 4 aromatic carbocycles. The van der Waals surface area contributed by atoms with Crippen LogP contribution in [0.15, 0.2) is 93.4 Å². The molecule has 0 aliphatic rings. The summed E-state index contributed by atoms with van der Waals surface area (Å²) in [5.41, 5.74) is 2.34. The average molecular weight is 619 g/mol. The van der Waals surface area contributed by atoms with E-state index < -0.39 is 5.97 Å². The minimum atomic E-state index is -1.11. The van der Waals surface area contributed by atoms with Crippen LogP contribution in [0.2, 0.25) is 0 Å². The van der Waals surface area contributed by atoms with E-state index in [2.05, 4.69) is 31.1 Å². The number of thioether (sulfide) groups is 1. The highest BCUT2D eigenvalue weighted by Crippen LogP contribution is 2.35. The summed E-state index contributed by atoms with van der Waals surface area (Å²) in [7, 11) is 3.13. The zero-order chi connectivity index (χ0) is 28.1. The summed E-state index contributed by atoms with van der Waals surface area (Å²) in [5.74, 6) is 1.11. The van der Waals surface area contributed by atoms with Crippen molar-refractivity contribution in [3.8, 4) is 28.6 Å². The van der Waals surface area contributed by atoms with E-state index in [-0.39, 0.29) is 10.1 Å². The molecule has 5 aromatic rings. The van der Waals surface area contributed by atoms with Crippen molar-refractivity contribution >= 4 is 50.5 Å². The standard InChI is InChI=1S/C30H24BrN3O5S/c1-37-22-13-20(14-23(15-22)38-2)28-32-30(34-33-28)40-27(29(35)36)16-25-24-6-4-3-5-19(24)9-12-26(25)39-17-18-7-10-21(31)11-8-18/h3-16H,17H2,1-2H3,(H,35,36)(H,32,33,34)/b27-16-. The van der Waals surface area contributed by atoms with Crippen LogP contribution in [0.5, 0.6) is 17.2 Å². The van der Waals surface area contributed by atoms with Gasteiger partial charge in [0, 0.05) is 21.7 Å². The highest BCUT2D eigenvalue weighted by atomic mass is 79.9. The van der Waals surface area contributed by atoms with Gasteiger partial charge in [0.25, 0.3) is 0 Å². The largest absolute Gasteiger partial charge is 0.497 e. The van der Waals surface area contributed by atoms with E-state index in [1.165, 1.54) is 0 Å². The van der Waals surface area contributed by atoms with E-state index in [1.807, 2.05) is 60.7 Å². The molecular formula is C30H24BrN3O5S. The van der Waals surface area contributed by atoms with E-state index in [1.54, 1.807) is 38.5 Å². The molecule has 0 amide bonds. The van der Waals surface area contributed by atoms with Crippen LogP contribution in [0.1, 0.15) is 11.1 Å². The second kappa shape index (κ2) is 12.3. The Kier molecular flexibility index (Phi) is 8.37. The number of carboxylic acids is 1. The maximum atomic E-state index is 12.4. The molecule has 10 heteroatoms. The number of carbonyl (C=O) groups is 1. The quantitative estimate of drug-likeness (QED) is 0.125.